The Labute approximate surface area is 139 Å². The van der Waals surface area contributed by atoms with Gasteiger partial charge in [0.15, 0.2) is 0 Å². The molecule has 8 nitrogen and oxygen atoms in total. The lowest BCUT2D eigenvalue weighted by Gasteiger charge is -2.25. The Morgan fingerprint density at radius 3 is 2.54 bits per heavy atom. The third-order valence-electron chi connectivity index (χ3n) is 4.96. The van der Waals surface area contributed by atoms with E-state index in [0.29, 0.717) is 24.5 Å². The Kier molecular flexibility index (Phi) is 3.90. The van der Waals surface area contributed by atoms with E-state index in [4.69, 9.17) is 4.74 Å². The smallest absolute Gasteiger partial charge is 0.313 e. The Bertz CT molecular complexity index is 707. The molecule has 0 aromatic carbocycles. The van der Waals surface area contributed by atoms with E-state index in [1.54, 1.807) is 15.9 Å². The number of ether oxygens (including phenoxy) is 1. The van der Waals surface area contributed by atoms with Crippen LogP contribution in [0.5, 0.6) is 5.88 Å². The predicted molar refractivity (Wildman–Crippen MR) is 82.5 cm³/mol. The maximum absolute atomic E-state index is 12.7. The molecule has 2 atom stereocenters. The summed E-state index contributed by atoms with van der Waals surface area (Å²) in [4.78, 5) is 43.2. The van der Waals surface area contributed by atoms with Gasteiger partial charge in [0.25, 0.3) is 5.91 Å². The van der Waals surface area contributed by atoms with Gasteiger partial charge in [-0.1, -0.05) is 0 Å². The number of carbonyl (C=O) groups is 3. The summed E-state index contributed by atoms with van der Waals surface area (Å²) in [6.45, 7) is 2.36. The lowest BCUT2D eigenvalue weighted by atomic mass is 9.81. The summed E-state index contributed by atoms with van der Waals surface area (Å²) >= 11 is 0. The summed E-state index contributed by atoms with van der Waals surface area (Å²) in [5.74, 6) is -1.27. The van der Waals surface area contributed by atoms with Gasteiger partial charge >= 0.3 is 5.97 Å². The number of aliphatic carboxylic acids is 1. The van der Waals surface area contributed by atoms with Crippen LogP contribution in [0.1, 0.15) is 17.3 Å². The van der Waals surface area contributed by atoms with Gasteiger partial charge in [0.1, 0.15) is 5.41 Å². The fraction of sp³-hybridized carbons (Fsp3) is 0.500. The lowest BCUT2D eigenvalue weighted by Crippen LogP contribution is -2.42. The van der Waals surface area contributed by atoms with Crippen molar-refractivity contribution in [3.63, 3.8) is 0 Å². The number of nitrogens with zero attached hydrogens (tertiary/aromatic N) is 3. The van der Waals surface area contributed by atoms with E-state index < -0.39 is 11.4 Å². The fourth-order valence-corrected chi connectivity index (χ4v) is 3.60. The number of carbonyl (C=O) groups excluding carboxylic acids is 2. The van der Waals surface area contributed by atoms with Crippen molar-refractivity contribution in [1.29, 1.82) is 0 Å². The van der Waals surface area contributed by atoms with Gasteiger partial charge in [-0.3, -0.25) is 14.4 Å². The van der Waals surface area contributed by atoms with Crippen molar-refractivity contribution in [3.8, 4) is 5.88 Å². The van der Waals surface area contributed by atoms with E-state index in [9.17, 15) is 19.5 Å². The molecule has 2 aliphatic rings. The number of hydrogen-bond acceptors (Lipinski definition) is 5. The van der Waals surface area contributed by atoms with Crippen molar-refractivity contribution < 1.29 is 24.2 Å². The zero-order chi connectivity index (χ0) is 17.5. The van der Waals surface area contributed by atoms with Crippen molar-refractivity contribution in [2.45, 2.75) is 6.92 Å². The van der Waals surface area contributed by atoms with Crippen molar-refractivity contribution in [2.24, 2.45) is 11.3 Å². The molecule has 128 valence electrons. The number of carboxylic acids is 1. The minimum absolute atomic E-state index is 0.0975. The molecule has 1 aromatic rings. The molecular weight excluding hydrogens is 314 g/mol. The van der Waals surface area contributed by atoms with Crippen molar-refractivity contribution in [2.75, 3.05) is 33.3 Å². The van der Waals surface area contributed by atoms with Crippen molar-refractivity contribution in [1.82, 2.24) is 14.8 Å². The number of fused-ring (bicyclic) bond motifs is 1. The molecule has 0 aliphatic carbocycles. The fourth-order valence-electron chi connectivity index (χ4n) is 3.60. The van der Waals surface area contributed by atoms with Gasteiger partial charge in [0.2, 0.25) is 11.8 Å². The average molecular weight is 333 g/mol. The molecule has 8 heteroatoms. The van der Waals surface area contributed by atoms with E-state index in [2.05, 4.69) is 4.98 Å². The Balaban J connectivity index is 1.82. The number of pyridine rings is 1. The first kappa shape index (κ1) is 16.2. The monoisotopic (exact) mass is 333 g/mol. The predicted octanol–water partition coefficient (Wildman–Crippen LogP) is 0.0953. The molecule has 1 aromatic heterocycles. The van der Waals surface area contributed by atoms with Gasteiger partial charge in [-0.15, -0.1) is 0 Å². The maximum atomic E-state index is 12.7. The Hall–Kier alpha value is -2.64. The number of methoxy groups -OCH3 is 1. The van der Waals surface area contributed by atoms with Crippen LogP contribution >= 0.6 is 0 Å². The van der Waals surface area contributed by atoms with Crippen LogP contribution in [0.4, 0.5) is 0 Å². The second-order valence-corrected chi connectivity index (χ2v) is 6.33. The average Bonchev–Trinajstić information content (AvgIpc) is 3.09. The molecule has 0 unspecified atom stereocenters. The van der Waals surface area contributed by atoms with Crippen LogP contribution in [0.25, 0.3) is 0 Å². The molecule has 0 radical (unpaired) electrons. The Morgan fingerprint density at radius 1 is 1.29 bits per heavy atom. The second-order valence-electron chi connectivity index (χ2n) is 6.33. The molecule has 2 aliphatic heterocycles. The van der Waals surface area contributed by atoms with Gasteiger partial charge in [0, 0.05) is 56.8 Å². The number of likely N-dealkylation sites (tertiary alicyclic amines) is 2. The SMILES string of the molecule is COc1cc(C(=O)N2C[C@@H]3CN(C(C)=O)C[C@]3(C(=O)O)C2)ccn1. The molecule has 2 fully saturated rings. The molecule has 0 spiro atoms. The summed E-state index contributed by atoms with van der Waals surface area (Å²) in [5, 5.41) is 9.72. The van der Waals surface area contributed by atoms with Gasteiger partial charge in [-0.25, -0.2) is 4.98 Å². The molecule has 3 rings (SSSR count). The highest BCUT2D eigenvalue weighted by molar-refractivity contribution is 5.95. The zero-order valence-corrected chi connectivity index (χ0v) is 13.6. The van der Waals surface area contributed by atoms with Crippen LogP contribution in [0.2, 0.25) is 0 Å². The minimum Gasteiger partial charge on any atom is -0.481 e. The van der Waals surface area contributed by atoms with Gasteiger partial charge < -0.3 is 19.6 Å². The summed E-state index contributed by atoms with van der Waals surface area (Å²) < 4.78 is 5.02. The van der Waals surface area contributed by atoms with E-state index in [1.165, 1.54) is 26.3 Å². The topological polar surface area (TPSA) is 100 Å². The minimum atomic E-state index is -1.08. The molecule has 24 heavy (non-hydrogen) atoms. The third kappa shape index (κ3) is 2.47. The Morgan fingerprint density at radius 2 is 1.96 bits per heavy atom. The van der Waals surface area contributed by atoms with E-state index in [1.807, 2.05) is 0 Å². The summed E-state index contributed by atoms with van der Waals surface area (Å²) in [6, 6.07) is 3.11. The van der Waals surface area contributed by atoms with Crippen LogP contribution < -0.4 is 4.74 Å². The first-order valence-electron chi connectivity index (χ1n) is 7.65. The standard InChI is InChI=1S/C16H19N3O5/c1-10(20)18-6-12-7-19(9-16(12,8-18)15(22)23)14(21)11-3-4-17-13(5-11)24-2/h3-5,12H,6-9H2,1-2H3,(H,22,23)/t12-,16-/m0/s1. The second kappa shape index (κ2) is 5.77. The molecule has 2 amide bonds. The first-order valence-corrected chi connectivity index (χ1v) is 7.65. The van der Waals surface area contributed by atoms with Crippen molar-refractivity contribution >= 4 is 17.8 Å². The van der Waals surface area contributed by atoms with Gasteiger partial charge in [-0.05, 0) is 6.07 Å². The van der Waals surface area contributed by atoms with E-state index >= 15 is 0 Å². The van der Waals surface area contributed by atoms with Crippen molar-refractivity contribution in [3.05, 3.63) is 23.9 Å². The first-order chi connectivity index (χ1) is 11.4. The van der Waals surface area contributed by atoms with Crippen LogP contribution in [-0.2, 0) is 9.59 Å². The van der Waals surface area contributed by atoms with Crippen LogP contribution in [0.3, 0.4) is 0 Å². The number of aromatic nitrogens is 1. The highest BCUT2D eigenvalue weighted by Gasteiger charge is 2.59. The molecule has 0 bridgehead atoms. The lowest BCUT2D eigenvalue weighted by molar-refractivity contribution is -0.149. The molecule has 3 heterocycles. The van der Waals surface area contributed by atoms with E-state index in [-0.39, 0.29) is 30.8 Å². The summed E-state index contributed by atoms with van der Waals surface area (Å²) in [6.07, 6.45) is 1.48. The highest BCUT2D eigenvalue weighted by Crippen LogP contribution is 2.43. The number of carboxylic acid groups (broad SMARTS) is 1. The van der Waals surface area contributed by atoms with Gasteiger partial charge in [0.05, 0.1) is 7.11 Å². The number of hydrogen-bond donors (Lipinski definition) is 1. The van der Waals surface area contributed by atoms with Crippen LogP contribution in [0, 0.1) is 11.3 Å². The number of rotatable bonds is 3. The normalized spacial score (nSPS) is 25.5. The zero-order valence-electron chi connectivity index (χ0n) is 13.6. The molecule has 1 N–H and O–H groups in total. The van der Waals surface area contributed by atoms with Crippen LogP contribution in [-0.4, -0.2) is 71.0 Å². The largest absolute Gasteiger partial charge is 0.481 e. The molecule has 0 saturated carbocycles. The molecule has 2 saturated heterocycles. The summed E-state index contributed by atoms with van der Waals surface area (Å²) in [5.41, 5.74) is -0.677. The quantitative estimate of drug-likeness (QED) is 0.842. The molecular formula is C16H19N3O5. The van der Waals surface area contributed by atoms with Crippen LogP contribution in [0.15, 0.2) is 18.3 Å². The highest BCUT2D eigenvalue weighted by atomic mass is 16.5. The third-order valence-corrected chi connectivity index (χ3v) is 4.96. The number of amides is 2. The summed E-state index contributed by atoms with van der Waals surface area (Å²) in [7, 11) is 1.46. The van der Waals surface area contributed by atoms with Gasteiger partial charge in [-0.2, -0.15) is 0 Å². The van der Waals surface area contributed by atoms with E-state index in [0.717, 1.165) is 0 Å². The maximum Gasteiger partial charge on any atom is 0.313 e.